The third kappa shape index (κ3) is 4.88. The highest BCUT2D eigenvalue weighted by Crippen LogP contribution is 2.17. The zero-order valence-electron chi connectivity index (χ0n) is 10.0. The van der Waals surface area contributed by atoms with Gasteiger partial charge in [0.25, 0.3) is 0 Å². The first-order valence-electron chi connectivity index (χ1n) is 5.50. The topological polar surface area (TPSA) is 96.5 Å². The third-order valence-electron chi connectivity index (χ3n) is 2.90. The van der Waals surface area contributed by atoms with Gasteiger partial charge in [-0.25, -0.2) is 9.52 Å². The van der Waals surface area contributed by atoms with E-state index in [1.807, 2.05) is 0 Å². The number of carbonyl (C=O) groups excluding carboxylic acids is 1. The molecular formula is C9H19N3O4S. The molecule has 1 amide bonds. The van der Waals surface area contributed by atoms with Crippen molar-refractivity contribution in [1.29, 1.82) is 0 Å². The van der Waals surface area contributed by atoms with Crippen LogP contribution >= 0.6 is 0 Å². The number of piperidine rings is 1. The van der Waals surface area contributed by atoms with Gasteiger partial charge in [-0.15, -0.1) is 0 Å². The molecular weight excluding hydrogens is 246 g/mol. The van der Waals surface area contributed by atoms with E-state index in [2.05, 4.69) is 21.7 Å². The Morgan fingerprint density at radius 2 is 2.24 bits per heavy atom. The van der Waals surface area contributed by atoms with Crippen LogP contribution < -0.4 is 14.8 Å². The molecule has 0 aromatic carbocycles. The molecule has 0 radical (unpaired) electrons. The monoisotopic (exact) mass is 265 g/mol. The van der Waals surface area contributed by atoms with Crippen molar-refractivity contribution in [3.05, 3.63) is 0 Å². The molecule has 3 N–H and O–H groups in total. The van der Waals surface area contributed by atoms with Crippen LogP contribution in [0.4, 0.5) is 4.79 Å². The minimum Gasteiger partial charge on any atom is -0.452 e. The number of hydrogen-bond acceptors (Lipinski definition) is 5. The molecule has 1 heterocycles. The van der Waals surface area contributed by atoms with Crippen LogP contribution in [0.3, 0.4) is 0 Å². The predicted octanol–water partition coefficient (Wildman–Crippen LogP) is -0.578. The molecule has 0 saturated carbocycles. The fourth-order valence-electron chi connectivity index (χ4n) is 1.78. The molecule has 1 fully saturated rings. The molecule has 8 heteroatoms. The lowest BCUT2D eigenvalue weighted by molar-refractivity contribution is 0.177. The van der Waals surface area contributed by atoms with Crippen molar-refractivity contribution in [2.24, 2.45) is 11.8 Å². The van der Waals surface area contributed by atoms with Gasteiger partial charge in [0, 0.05) is 6.54 Å². The first-order valence-corrected chi connectivity index (χ1v) is 6.99. The molecule has 7 nitrogen and oxygen atoms in total. The Hall–Kier alpha value is -0.860. The second-order valence-corrected chi connectivity index (χ2v) is 5.68. The van der Waals surface area contributed by atoms with Gasteiger partial charge in [0.1, 0.15) is 0 Å². The molecule has 2 unspecified atom stereocenters. The maximum atomic E-state index is 11.4. The molecule has 1 rings (SSSR count). The summed E-state index contributed by atoms with van der Waals surface area (Å²) in [5, 5.41) is 3.24. The van der Waals surface area contributed by atoms with Gasteiger partial charge in [0.2, 0.25) is 0 Å². The van der Waals surface area contributed by atoms with E-state index < -0.39 is 16.3 Å². The van der Waals surface area contributed by atoms with Crippen LogP contribution in [-0.4, -0.2) is 41.3 Å². The summed E-state index contributed by atoms with van der Waals surface area (Å²) in [6.07, 6.45) is -0.0714. The van der Waals surface area contributed by atoms with Gasteiger partial charge in [0.15, 0.2) is 0 Å². The van der Waals surface area contributed by atoms with Crippen molar-refractivity contribution in [3.8, 4) is 0 Å². The Labute approximate surface area is 101 Å². The quantitative estimate of drug-likeness (QED) is 0.632. The summed E-state index contributed by atoms with van der Waals surface area (Å²) in [6.45, 7) is 4.17. The number of nitrogens with one attached hydrogen (secondary N) is 3. The third-order valence-corrected chi connectivity index (χ3v) is 3.88. The van der Waals surface area contributed by atoms with Crippen LogP contribution in [0.1, 0.15) is 13.3 Å². The molecule has 1 aliphatic heterocycles. The van der Waals surface area contributed by atoms with Crippen LogP contribution in [0.2, 0.25) is 0 Å². The van der Waals surface area contributed by atoms with E-state index >= 15 is 0 Å². The maximum Gasteiger partial charge on any atom is 0.421 e. The van der Waals surface area contributed by atoms with E-state index in [4.69, 9.17) is 0 Å². The molecule has 0 spiro atoms. The minimum absolute atomic E-state index is 0.283. The van der Waals surface area contributed by atoms with E-state index in [1.54, 1.807) is 4.72 Å². The fourth-order valence-corrected chi connectivity index (χ4v) is 2.58. The van der Waals surface area contributed by atoms with Crippen LogP contribution in [0.25, 0.3) is 0 Å². The summed E-state index contributed by atoms with van der Waals surface area (Å²) < 4.78 is 31.1. The average Bonchev–Trinajstić information content (AvgIpc) is 2.27. The predicted molar refractivity (Wildman–Crippen MR) is 62.6 cm³/mol. The largest absolute Gasteiger partial charge is 0.452 e. The van der Waals surface area contributed by atoms with Crippen molar-refractivity contribution in [3.63, 3.8) is 0 Å². The summed E-state index contributed by atoms with van der Waals surface area (Å²) in [6, 6.07) is 0. The van der Waals surface area contributed by atoms with Crippen molar-refractivity contribution in [2.75, 3.05) is 26.7 Å². The Bertz CT molecular complexity index is 357. The summed E-state index contributed by atoms with van der Waals surface area (Å²) in [5.74, 6) is 0.690. The van der Waals surface area contributed by atoms with E-state index in [1.165, 1.54) is 0 Å². The Balaban J connectivity index is 2.40. The van der Waals surface area contributed by atoms with Gasteiger partial charge in [-0.2, -0.15) is 13.1 Å². The van der Waals surface area contributed by atoms with Crippen molar-refractivity contribution in [1.82, 2.24) is 14.8 Å². The summed E-state index contributed by atoms with van der Waals surface area (Å²) in [4.78, 5) is 10.8. The lowest BCUT2D eigenvalue weighted by Crippen LogP contribution is -2.45. The SMILES string of the molecule is COC(=O)NS(=O)(=O)NCC1CCNCC1C. The smallest absolute Gasteiger partial charge is 0.421 e. The van der Waals surface area contributed by atoms with Gasteiger partial charge in [-0.05, 0) is 31.3 Å². The molecule has 1 aliphatic rings. The highest BCUT2D eigenvalue weighted by molar-refractivity contribution is 7.88. The van der Waals surface area contributed by atoms with E-state index in [0.29, 0.717) is 12.5 Å². The normalized spacial score (nSPS) is 25.3. The van der Waals surface area contributed by atoms with Gasteiger partial charge in [-0.1, -0.05) is 6.92 Å². The van der Waals surface area contributed by atoms with Gasteiger partial charge >= 0.3 is 16.3 Å². The molecule has 2 atom stereocenters. The lowest BCUT2D eigenvalue weighted by atomic mass is 9.88. The van der Waals surface area contributed by atoms with Crippen molar-refractivity contribution < 1.29 is 17.9 Å². The first kappa shape index (κ1) is 14.2. The molecule has 0 aromatic rings. The van der Waals surface area contributed by atoms with Crippen molar-refractivity contribution >= 4 is 16.3 Å². The van der Waals surface area contributed by atoms with Gasteiger partial charge in [0.05, 0.1) is 7.11 Å². The number of ether oxygens (including phenoxy) is 1. The Morgan fingerprint density at radius 1 is 1.53 bits per heavy atom. The standard InChI is InChI=1S/C9H19N3O4S/c1-7-5-10-4-3-8(7)6-11-17(14,15)12-9(13)16-2/h7-8,10-11H,3-6H2,1-2H3,(H,12,13). The van der Waals surface area contributed by atoms with E-state index in [0.717, 1.165) is 26.6 Å². The zero-order valence-corrected chi connectivity index (χ0v) is 10.8. The van der Waals surface area contributed by atoms with Gasteiger partial charge in [-0.3, -0.25) is 0 Å². The maximum absolute atomic E-state index is 11.4. The first-order chi connectivity index (χ1) is 7.94. The van der Waals surface area contributed by atoms with Crippen LogP contribution in [-0.2, 0) is 14.9 Å². The fraction of sp³-hybridized carbons (Fsp3) is 0.889. The van der Waals surface area contributed by atoms with Crippen LogP contribution in [0, 0.1) is 11.8 Å². The summed E-state index contributed by atoms with van der Waals surface area (Å²) in [7, 11) is -2.70. The van der Waals surface area contributed by atoms with E-state index in [-0.39, 0.29) is 5.92 Å². The van der Waals surface area contributed by atoms with Gasteiger partial charge < -0.3 is 10.1 Å². The molecule has 0 aromatic heterocycles. The highest BCUT2D eigenvalue weighted by atomic mass is 32.2. The molecule has 1 saturated heterocycles. The average molecular weight is 265 g/mol. The number of amides is 1. The summed E-state index contributed by atoms with van der Waals surface area (Å²) in [5.41, 5.74) is 0. The minimum atomic E-state index is -3.81. The number of rotatable bonds is 4. The molecule has 17 heavy (non-hydrogen) atoms. The van der Waals surface area contributed by atoms with Crippen LogP contribution in [0.5, 0.6) is 0 Å². The summed E-state index contributed by atoms with van der Waals surface area (Å²) >= 11 is 0. The molecule has 100 valence electrons. The van der Waals surface area contributed by atoms with E-state index in [9.17, 15) is 13.2 Å². The molecule has 0 aliphatic carbocycles. The highest BCUT2D eigenvalue weighted by Gasteiger charge is 2.23. The molecule has 0 bridgehead atoms. The second-order valence-electron chi connectivity index (χ2n) is 4.18. The number of methoxy groups -OCH3 is 1. The second kappa shape index (κ2) is 6.18. The number of carbonyl (C=O) groups is 1. The Kier molecular flexibility index (Phi) is 5.16. The Morgan fingerprint density at radius 3 is 2.82 bits per heavy atom. The lowest BCUT2D eigenvalue weighted by Gasteiger charge is -2.29. The zero-order chi connectivity index (χ0) is 12.9. The van der Waals surface area contributed by atoms with Crippen molar-refractivity contribution in [2.45, 2.75) is 13.3 Å². The number of hydrogen-bond donors (Lipinski definition) is 3. The van der Waals surface area contributed by atoms with Crippen LogP contribution in [0.15, 0.2) is 0 Å².